The zero-order valence-corrected chi connectivity index (χ0v) is 33.7. The fourth-order valence-electron chi connectivity index (χ4n) is 10.1. The Labute approximate surface area is 355 Å². The van der Waals surface area contributed by atoms with Crippen molar-refractivity contribution < 1.29 is 4.42 Å². The molecule has 0 bridgehead atoms. The van der Waals surface area contributed by atoms with Crippen molar-refractivity contribution in [3.63, 3.8) is 0 Å². The van der Waals surface area contributed by atoms with E-state index in [1.54, 1.807) is 0 Å². The molecular formula is C57H41N3O. The minimum atomic E-state index is 0.168. The molecule has 0 saturated heterocycles. The summed E-state index contributed by atoms with van der Waals surface area (Å²) in [6.07, 6.45) is 6.43. The molecule has 1 fully saturated rings. The molecule has 8 aromatic carbocycles. The van der Waals surface area contributed by atoms with E-state index in [4.69, 9.17) is 19.4 Å². The van der Waals surface area contributed by atoms with Crippen LogP contribution in [-0.4, -0.2) is 15.0 Å². The van der Waals surface area contributed by atoms with Crippen molar-refractivity contribution in [3.8, 4) is 78.7 Å². The van der Waals surface area contributed by atoms with Crippen molar-refractivity contribution >= 4 is 21.9 Å². The second kappa shape index (κ2) is 14.4. The lowest BCUT2D eigenvalue weighted by Gasteiger charge is -2.36. The average Bonchev–Trinajstić information content (AvgIpc) is 3.84. The van der Waals surface area contributed by atoms with E-state index < -0.39 is 0 Å². The van der Waals surface area contributed by atoms with Gasteiger partial charge in [-0.25, -0.2) is 15.0 Å². The molecule has 0 atom stereocenters. The van der Waals surface area contributed by atoms with Crippen molar-refractivity contribution in [2.24, 2.45) is 0 Å². The number of hydrogen-bond acceptors (Lipinski definition) is 4. The Morgan fingerprint density at radius 1 is 0.328 bits per heavy atom. The Kier molecular flexibility index (Phi) is 8.38. The minimum Gasteiger partial charge on any atom is -0.456 e. The molecule has 0 N–H and O–H groups in total. The standard InChI is InChI=1S/C57H41N3O/c1-3-12-37(13-4-1)38-20-24-40(25-21-38)54-58-55(60-56(59-54)45-28-30-48-47-17-6-8-19-52(47)61-53(48)36-45)41-26-22-39(23-27-41)42-14-11-15-43(34-42)44-29-31-51-49(35-44)46-16-5-7-18-50(46)57(51)32-9-2-10-33-57/h1,3-8,11-31,34-36H,2,9-10,32-33H2. The number of nitrogens with zero attached hydrogens (tertiary/aromatic N) is 3. The molecule has 0 aliphatic heterocycles. The number of furan rings is 1. The average molecular weight is 784 g/mol. The zero-order chi connectivity index (χ0) is 40.3. The first-order valence-electron chi connectivity index (χ1n) is 21.5. The van der Waals surface area contributed by atoms with Gasteiger partial charge in [0.2, 0.25) is 0 Å². The van der Waals surface area contributed by atoms with Gasteiger partial charge in [-0.1, -0.05) is 177 Å². The van der Waals surface area contributed by atoms with Crippen LogP contribution >= 0.6 is 0 Å². The Morgan fingerprint density at radius 2 is 0.836 bits per heavy atom. The van der Waals surface area contributed by atoms with Gasteiger partial charge in [0.25, 0.3) is 0 Å². The lowest BCUT2D eigenvalue weighted by molar-refractivity contribution is 0.353. The fourth-order valence-corrected chi connectivity index (χ4v) is 10.1. The van der Waals surface area contributed by atoms with Gasteiger partial charge in [-0.3, -0.25) is 0 Å². The van der Waals surface area contributed by atoms with Gasteiger partial charge in [0.1, 0.15) is 11.2 Å². The maximum Gasteiger partial charge on any atom is 0.164 e. The van der Waals surface area contributed by atoms with E-state index in [1.807, 2.05) is 30.3 Å². The first kappa shape index (κ1) is 35.5. The van der Waals surface area contributed by atoms with Gasteiger partial charge >= 0.3 is 0 Å². The molecule has 1 saturated carbocycles. The molecule has 10 aromatic rings. The smallest absolute Gasteiger partial charge is 0.164 e. The number of benzene rings is 8. The van der Waals surface area contributed by atoms with Gasteiger partial charge in [0.05, 0.1) is 0 Å². The maximum atomic E-state index is 6.28. The number of hydrogen-bond donors (Lipinski definition) is 0. The molecule has 12 rings (SSSR count). The summed E-state index contributed by atoms with van der Waals surface area (Å²) in [6.45, 7) is 0. The first-order valence-corrected chi connectivity index (χ1v) is 21.5. The molecule has 0 unspecified atom stereocenters. The van der Waals surface area contributed by atoms with Gasteiger partial charge in [0.15, 0.2) is 17.5 Å². The van der Waals surface area contributed by atoms with Crippen LogP contribution in [0.2, 0.25) is 0 Å². The Hall–Kier alpha value is -7.43. The quantitative estimate of drug-likeness (QED) is 0.169. The van der Waals surface area contributed by atoms with Crippen molar-refractivity contribution in [1.29, 1.82) is 0 Å². The Morgan fingerprint density at radius 3 is 1.59 bits per heavy atom. The minimum absolute atomic E-state index is 0.168. The van der Waals surface area contributed by atoms with Crippen molar-refractivity contribution in [3.05, 3.63) is 199 Å². The molecule has 4 nitrogen and oxygen atoms in total. The predicted octanol–water partition coefficient (Wildman–Crippen LogP) is 15.0. The lowest BCUT2D eigenvalue weighted by Crippen LogP contribution is -2.27. The highest BCUT2D eigenvalue weighted by Crippen LogP contribution is 2.56. The zero-order valence-electron chi connectivity index (χ0n) is 33.7. The third-order valence-electron chi connectivity index (χ3n) is 13.2. The third kappa shape index (κ3) is 6.09. The second-order valence-corrected chi connectivity index (χ2v) is 16.7. The number of fused-ring (bicyclic) bond motifs is 8. The molecular weight excluding hydrogens is 743 g/mol. The molecule has 2 aliphatic carbocycles. The highest BCUT2D eigenvalue weighted by Gasteiger charge is 2.43. The largest absolute Gasteiger partial charge is 0.456 e. The summed E-state index contributed by atoms with van der Waals surface area (Å²) in [7, 11) is 0. The normalized spacial score (nSPS) is 14.0. The van der Waals surface area contributed by atoms with Crippen LogP contribution in [0.1, 0.15) is 43.2 Å². The van der Waals surface area contributed by atoms with E-state index in [0.29, 0.717) is 17.5 Å². The van der Waals surface area contributed by atoms with Gasteiger partial charge in [0, 0.05) is 32.9 Å². The molecule has 0 amide bonds. The highest BCUT2D eigenvalue weighted by atomic mass is 16.3. The van der Waals surface area contributed by atoms with Crippen LogP contribution in [0, 0.1) is 0 Å². The van der Waals surface area contributed by atoms with E-state index in [1.165, 1.54) is 76.6 Å². The Balaban J connectivity index is 0.897. The third-order valence-corrected chi connectivity index (χ3v) is 13.2. The molecule has 2 aliphatic rings. The van der Waals surface area contributed by atoms with E-state index in [0.717, 1.165) is 49.8 Å². The van der Waals surface area contributed by atoms with Crippen LogP contribution in [0.5, 0.6) is 0 Å². The number of rotatable bonds is 6. The van der Waals surface area contributed by atoms with Crippen LogP contribution in [0.3, 0.4) is 0 Å². The van der Waals surface area contributed by atoms with Gasteiger partial charge in [-0.2, -0.15) is 0 Å². The van der Waals surface area contributed by atoms with E-state index >= 15 is 0 Å². The molecule has 1 spiro atoms. The molecule has 2 aromatic heterocycles. The Bertz CT molecular complexity index is 3270. The summed E-state index contributed by atoms with van der Waals surface area (Å²) in [4.78, 5) is 15.2. The molecule has 2 heterocycles. The van der Waals surface area contributed by atoms with Gasteiger partial charge < -0.3 is 4.42 Å². The van der Waals surface area contributed by atoms with E-state index in [2.05, 4.69) is 158 Å². The van der Waals surface area contributed by atoms with Crippen molar-refractivity contribution in [2.45, 2.75) is 37.5 Å². The SMILES string of the molecule is c1ccc(-c2ccc(-c3nc(-c4ccc(-c5cccc(-c6ccc7c(c6)-c6ccccc6C76CCCCC6)c5)cc4)nc(-c4ccc5c(c4)oc4ccccc45)n3)cc2)cc1. The summed E-state index contributed by atoms with van der Waals surface area (Å²) in [5.41, 5.74) is 17.5. The molecule has 290 valence electrons. The summed E-state index contributed by atoms with van der Waals surface area (Å²) >= 11 is 0. The van der Waals surface area contributed by atoms with Crippen molar-refractivity contribution in [1.82, 2.24) is 15.0 Å². The molecule has 61 heavy (non-hydrogen) atoms. The van der Waals surface area contributed by atoms with E-state index in [-0.39, 0.29) is 5.41 Å². The summed E-state index contributed by atoms with van der Waals surface area (Å²) in [5, 5.41) is 2.16. The summed E-state index contributed by atoms with van der Waals surface area (Å²) < 4.78 is 6.28. The molecule has 4 heteroatoms. The number of aromatic nitrogens is 3. The van der Waals surface area contributed by atoms with Crippen LogP contribution in [-0.2, 0) is 5.41 Å². The van der Waals surface area contributed by atoms with Gasteiger partial charge in [-0.05, 0) is 98.8 Å². The van der Waals surface area contributed by atoms with Crippen LogP contribution < -0.4 is 0 Å². The number of para-hydroxylation sites is 1. The topological polar surface area (TPSA) is 51.8 Å². The first-order chi connectivity index (χ1) is 30.2. The maximum absolute atomic E-state index is 6.28. The molecule has 0 radical (unpaired) electrons. The van der Waals surface area contributed by atoms with Crippen LogP contribution in [0.4, 0.5) is 0 Å². The van der Waals surface area contributed by atoms with Crippen LogP contribution in [0.25, 0.3) is 101 Å². The second-order valence-electron chi connectivity index (χ2n) is 16.7. The highest BCUT2D eigenvalue weighted by molar-refractivity contribution is 6.05. The monoisotopic (exact) mass is 783 g/mol. The predicted molar refractivity (Wildman–Crippen MR) is 249 cm³/mol. The van der Waals surface area contributed by atoms with E-state index in [9.17, 15) is 0 Å². The van der Waals surface area contributed by atoms with Crippen molar-refractivity contribution in [2.75, 3.05) is 0 Å². The lowest BCUT2D eigenvalue weighted by atomic mass is 9.68. The van der Waals surface area contributed by atoms with Gasteiger partial charge in [-0.15, -0.1) is 0 Å². The fraction of sp³-hybridized carbons (Fsp3) is 0.105. The summed E-state index contributed by atoms with van der Waals surface area (Å²) in [5.74, 6) is 1.83. The van der Waals surface area contributed by atoms with Crippen LogP contribution in [0.15, 0.2) is 192 Å². The summed E-state index contributed by atoms with van der Waals surface area (Å²) in [6, 6.07) is 67.1.